The van der Waals surface area contributed by atoms with Crippen LogP contribution in [0.25, 0.3) is 0 Å². The fourth-order valence-electron chi connectivity index (χ4n) is 4.58. The zero-order valence-corrected chi connectivity index (χ0v) is 16.6. The molecule has 0 aliphatic carbocycles. The number of rotatable bonds is 4. The molecule has 26 heavy (non-hydrogen) atoms. The Labute approximate surface area is 157 Å². The van der Waals surface area contributed by atoms with Gasteiger partial charge in [0.15, 0.2) is 0 Å². The molecule has 0 aromatic carbocycles. The van der Waals surface area contributed by atoms with Crippen LogP contribution >= 0.6 is 0 Å². The monoisotopic (exact) mass is 365 g/mol. The van der Waals surface area contributed by atoms with Gasteiger partial charge in [0.05, 0.1) is 17.9 Å². The van der Waals surface area contributed by atoms with Crippen LogP contribution < -0.4 is 5.32 Å². The molecule has 148 valence electrons. The first-order valence-electron chi connectivity index (χ1n) is 10.3. The van der Waals surface area contributed by atoms with Gasteiger partial charge in [0, 0.05) is 32.3 Å². The lowest BCUT2D eigenvalue weighted by atomic mass is 9.83. The van der Waals surface area contributed by atoms with Gasteiger partial charge in [-0.2, -0.15) is 0 Å². The Hall–Kier alpha value is -1.14. The summed E-state index contributed by atoms with van der Waals surface area (Å²) in [4.78, 5) is 29.6. The van der Waals surface area contributed by atoms with Gasteiger partial charge in [-0.1, -0.05) is 0 Å². The predicted octanol–water partition coefficient (Wildman–Crippen LogP) is 1.50. The van der Waals surface area contributed by atoms with E-state index in [-0.39, 0.29) is 17.2 Å². The average molecular weight is 366 g/mol. The lowest BCUT2D eigenvalue weighted by Gasteiger charge is -2.36. The lowest BCUT2D eigenvalue weighted by Crippen LogP contribution is -2.48. The van der Waals surface area contributed by atoms with Crippen molar-refractivity contribution in [3.8, 4) is 0 Å². The molecule has 0 spiro atoms. The molecule has 3 saturated heterocycles. The molecule has 0 radical (unpaired) electrons. The Kier molecular flexibility index (Phi) is 6.23. The normalized spacial score (nSPS) is 34.0. The van der Waals surface area contributed by atoms with Crippen molar-refractivity contribution in [2.24, 2.45) is 17.3 Å². The van der Waals surface area contributed by atoms with Crippen molar-refractivity contribution >= 4 is 11.8 Å². The van der Waals surface area contributed by atoms with Crippen LogP contribution in [-0.4, -0.2) is 74.1 Å². The molecule has 0 saturated carbocycles. The minimum atomic E-state index is -0.375. The molecule has 3 fully saturated rings. The Morgan fingerprint density at radius 3 is 2.50 bits per heavy atom. The number of likely N-dealkylation sites (tertiary alicyclic amines) is 2. The zero-order valence-electron chi connectivity index (χ0n) is 16.6. The standard InChI is InChI=1S/C20H35N3O3/c1-15-17(7-9-22(15)3)18(24)23-10-5-16(6-11-23)13-21-19(25)20(2)8-4-12-26-14-20/h15-17H,4-14H2,1-3H3,(H,21,25)/t15-,17-,20?/m1/s1. The first-order valence-corrected chi connectivity index (χ1v) is 10.3. The maximum atomic E-state index is 12.8. The van der Waals surface area contributed by atoms with Crippen molar-refractivity contribution in [2.45, 2.75) is 52.0 Å². The molecule has 2 amide bonds. The summed E-state index contributed by atoms with van der Waals surface area (Å²) in [5.74, 6) is 1.08. The number of amides is 2. The van der Waals surface area contributed by atoms with Gasteiger partial charge in [-0.25, -0.2) is 0 Å². The molecule has 3 heterocycles. The number of hydrogen-bond donors (Lipinski definition) is 1. The Bertz CT molecular complexity index is 510. The summed E-state index contributed by atoms with van der Waals surface area (Å²) in [5, 5.41) is 3.15. The predicted molar refractivity (Wildman–Crippen MR) is 101 cm³/mol. The van der Waals surface area contributed by atoms with Crippen molar-refractivity contribution in [1.82, 2.24) is 15.1 Å². The van der Waals surface area contributed by atoms with E-state index in [1.807, 2.05) is 6.92 Å². The highest BCUT2D eigenvalue weighted by Crippen LogP contribution is 2.29. The van der Waals surface area contributed by atoms with Crippen molar-refractivity contribution in [3.05, 3.63) is 0 Å². The third kappa shape index (κ3) is 4.22. The van der Waals surface area contributed by atoms with E-state index in [0.717, 1.165) is 64.9 Å². The number of nitrogens with zero attached hydrogens (tertiary/aromatic N) is 2. The van der Waals surface area contributed by atoms with Crippen LogP contribution in [0.5, 0.6) is 0 Å². The van der Waals surface area contributed by atoms with Crippen LogP contribution in [0.2, 0.25) is 0 Å². The number of carbonyl (C=O) groups excluding carboxylic acids is 2. The average Bonchev–Trinajstić information content (AvgIpc) is 2.99. The molecule has 6 heteroatoms. The van der Waals surface area contributed by atoms with E-state index in [0.29, 0.717) is 24.5 Å². The molecule has 3 aliphatic heterocycles. The number of nitrogens with one attached hydrogen (secondary N) is 1. The maximum absolute atomic E-state index is 12.8. The second-order valence-corrected chi connectivity index (χ2v) is 8.81. The van der Waals surface area contributed by atoms with E-state index < -0.39 is 0 Å². The fourth-order valence-corrected chi connectivity index (χ4v) is 4.58. The van der Waals surface area contributed by atoms with Crippen molar-refractivity contribution in [1.29, 1.82) is 0 Å². The van der Waals surface area contributed by atoms with Crippen LogP contribution in [0.4, 0.5) is 0 Å². The summed E-state index contributed by atoms with van der Waals surface area (Å²) in [7, 11) is 2.10. The van der Waals surface area contributed by atoms with Gasteiger partial charge in [0.2, 0.25) is 11.8 Å². The second kappa shape index (κ2) is 8.26. The minimum Gasteiger partial charge on any atom is -0.380 e. The quantitative estimate of drug-likeness (QED) is 0.820. The third-order valence-corrected chi connectivity index (χ3v) is 6.85. The summed E-state index contributed by atoms with van der Waals surface area (Å²) in [6.07, 6.45) is 4.80. The Balaban J connectivity index is 1.41. The minimum absolute atomic E-state index is 0.124. The van der Waals surface area contributed by atoms with Gasteiger partial charge in [-0.15, -0.1) is 0 Å². The fraction of sp³-hybridized carbons (Fsp3) is 0.900. The summed E-state index contributed by atoms with van der Waals surface area (Å²) >= 11 is 0. The van der Waals surface area contributed by atoms with E-state index in [4.69, 9.17) is 4.74 Å². The molecule has 6 nitrogen and oxygen atoms in total. The van der Waals surface area contributed by atoms with E-state index in [1.165, 1.54) is 0 Å². The zero-order chi connectivity index (χ0) is 18.7. The molecule has 0 aromatic heterocycles. The molecule has 3 aliphatic rings. The topological polar surface area (TPSA) is 61.9 Å². The number of piperidine rings is 1. The molecule has 0 aromatic rings. The summed E-state index contributed by atoms with van der Waals surface area (Å²) in [6, 6.07) is 0.345. The van der Waals surface area contributed by atoms with E-state index >= 15 is 0 Å². The highest BCUT2D eigenvalue weighted by molar-refractivity contribution is 5.82. The largest absolute Gasteiger partial charge is 0.380 e. The van der Waals surface area contributed by atoms with Gasteiger partial charge in [0.1, 0.15) is 0 Å². The van der Waals surface area contributed by atoms with E-state index in [2.05, 4.69) is 29.1 Å². The van der Waals surface area contributed by atoms with Gasteiger partial charge in [-0.05, 0) is 65.5 Å². The van der Waals surface area contributed by atoms with Crippen molar-refractivity contribution in [3.63, 3.8) is 0 Å². The smallest absolute Gasteiger partial charge is 0.228 e. The molecular formula is C20H35N3O3. The lowest BCUT2D eigenvalue weighted by molar-refractivity contribution is -0.139. The highest BCUT2D eigenvalue weighted by Gasteiger charge is 2.38. The Morgan fingerprint density at radius 2 is 1.92 bits per heavy atom. The SMILES string of the molecule is C[C@@H]1[C@H](C(=O)N2CCC(CNC(=O)C3(C)CCCOC3)CC2)CCN1C. The van der Waals surface area contributed by atoms with Gasteiger partial charge in [0.25, 0.3) is 0 Å². The van der Waals surface area contributed by atoms with Crippen LogP contribution in [0.15, 0.2) is 0 Å². The van der Waals surface area contributed by atoms with Crippen LogP contribution in [0.1, 0.15) is 46.0 Å². The number of carbonyl (C=O) groups is 2. The summed E-state index contributed by atoms with van der Waals surface area (Å²) in [6.45, 7) is 8.85. The Morgan fingerprint density at radius 1 is 1.19 bits per heavy atom. The summed E-state index contributed by atoms with van der Waals surface area (Å²) in [5.41, 5.74) is -0.375. The molecular weight excluding hydrogens is 330 g/mol. The highest BCUT2D eigenvalue weighted by atomic mass is 16.5. The molecule has 3 rings (SSSR count). The van der Waals surface area contributed by atoms with Crippen molar-refractivity contribution in [2.75, 3.05) is 46.4 Å². The van der Waals surface area contributed by atoms with Crippen molar-refractivity contribution < 1.29 is 14.3 Å². The number of ether oxygens (including phenoxy) is 1. The summed E-state index contributed by atoms with van der Waals surface area (Å²) < 4.78 is 5.49. The van der Waals surface area contributed by atoms with E-state index in [1.54, 1.807) is 0 Å². The molecule has 1 unspecified atom stereocenters. The first-order chi connectivity index (χ1) is 12.4. The third-order valence-electron chi connectivity index (χ3n) is 6.85. The van der Waals surface area contributed by atoms with Crippen LogP contribution in [-0.2, 0) is 14.3 Å². The molecule has 0 bridgehead atoms. The van der Waals surface area contributed by atoms with Crippen LogP contribution in [0, 0.1) is 17.3 Å². The maximum Gasteiger partial charge on any atom is 0.228 e. The van der Waals surface area contributed by atoms with Gasteiger partial charge in [-0.3, -0.25) is 9.59 Å². The molecule has 3 atom stereocenters. The molecule has 1 N–H and O–H groups in total. The van der Waals surface area contributed by atoms with Gasteiger partial charge >= 0.3 is 0 Å². The second-order valence-electron chi connectivity index (χ2n) is 8.81. The van der Waals surface area contributed by atoms with Crippen LogP contribution in [0.3, 0.4) is 0 Å². The van der Waals surface area contributed by atoms with Gasteiger partial charge < -0.3 is 19.9 Å². The first kappa shape index (κ1) is 19.6. The van der Waals surface area contributed by atoms with E-state index in [9.17, 15) is 9.59 Å². The number of hydrogen-bond acceptors (Lipinski definition) is 4.